The Labute approximate surface area is 138 Å². The summed E-state index contributed by atoms with van der Waals surface area (Å²) in [6.07, 6.45) is 11.1. The molecule has 0 fully saturated rings. The van der Waals surface area contributed by atoms with E-state index in [9.17, 15) is 0 Å². The topological polar surface area (TPSA) is 77.1 Å². The third-order valence-electron chi connectivity index (χ3n) is 3.94. The van der Waals surface area contributed by atoms with Crippen molar-refractivity contribution in [1.29, 1.82) is 0 Å². The first kappa shape index (κ1) is 24.1. The van der Waals surface area contributed by atoms with E-state index >= 15 is 0 Å². The lowest BCUT2D eigenvalue weighted by molar-refractivity contribution is -0.929. The predicted molar refractivity (Wildman–Crippen MR) is 89.7 cm³/mol. The molecular weight excluding hydrogens is 302 g/mol. The average Bonchev–Trinajstić information content (AvgIpc) is 2.44. The molecule has 0 aliphatic heterocycles. The number of unbranched alkanes of at least 4 members (excludes halogenated alkanes) is 4. The number of hydrogen-bond donors (Lipinski definition) is 0. The zero-order valence-electron chi connectivity index (χ0n) is 15.0. The predicted octanol–water partition coefficient (Wildman–Crippen LogP) is 3.88. The Hall–Kier alpha value is -0.170. The van der Waals surface area contributed by atoms with E-state index in [0.717, 1.165) is 0 Å². The number of nitrogens with zero attached hydrogens (tertiary/aromatic N) is 1. The second-order valence-corrected chi connectivity index (χ2v) is 6.88. The number of rotatable bonds is 12. The summed E-state index contributed by atoms with van der Waals surface area (Å²) in [6, 6.07) is 0. The van der Waals surface area contributed by atoms with Crippen LogP contribution in [0, 0.1) is 0 Å². The maximum Gasteiger partial charge on any atom is 0.246 e. The summed E-state index contributed by atoms with van der Waals surface area (Å²) < 4.78 is 35.5. The van der Waals surface area contributed by atoms with Gasteiger partial charge in [0.15, 0.2) is 0 Å². The molecule has 0 aromatic heterocycles. The zero-order chi connectivity index (χ0) is 17.5. The van der Waals surface area contributed by atoms with Gasteiger partial charge in [-0.1, -0.05) is 53.4 Å². The van der Waals surface area contributed by atoms with Gasteiger partial charge in [-0.2, -0.15) is 0 Å². The molecule has 0 N–H and O–H groups in total. The normalized spacial score (nSPS) is 11.9. The van der Waals surface area contributed by atoms with E-state index in [1.807, 2.05) is 0 Å². The molecule has 0 aliphatic rings. The molecule has 135 valence electrons. The van der Waals surface area contributed by atoms with E-state index in [0.29, 0.717) is 0 Å². The van der Waals surface area contributed by atoms with Gasteiger partial charge in [0.1, 0.15) is 0 Å². The molecular formula is C16H36NO4S. The van der Waals surface area contributed by atoms with Crippen molar-refractivity contribution < 1.29 is 22.0 Å². The molecule has 0 aliphatic carbocycles. The second kappa shape index (κ2) is 14.4. The molecule has 0 bridgehead atoms. The molecule has 0 aromatic carbocycles. The summed E-state index contributed by atoms with van der Waals surface area (Å²) in [6.45, 7) is 15.0. The summed E-state index contributed by atoms with van der Waals surface area (Å²) in [4.78, 5) is 0. The first-order chi connectivity index (χ1) is 10.2. The van der Waals surface area contributed by atoms with Crippen molar-refractivity contribution in [3.05, 3.63) is 0 Å². The van der Waals surface area contributed by atoms with Gasteiger partial charge in [0.2, 0.25) is 10.4 Å². The molecule has 5 nitrogen and oxygen atoms in total. The molecule has 0 spiro atoms. The Morgan fingerprint density at radius 2 is 0.864 bits per heavy atom. The smallest absolute Gasteiger partial charge is 0.246 e. The molecule has 0 unspecified atom stereocenters. The first-order valence-corrected chi connectivity index (χ1v) is 10.1. The van der Waals surface area contributed by atoms with E-state index in [4.69, 9.17) is 17.5 Å². The van der Waals surface area contributed by atoms with Gasteiger partial charge in [-0.3, -0.25) is 0 Å². The van der Waals surface area contributed by atoms with Crippen LogP contribution in [0.3, 0.4) is 0 Å². The fourth-order valence-electron chi connectivity index (χ4n) is 2.64. The SMILES string of the molecule is CCCC[N+](CCCC)(CCCC)CCCC.[O]S(=O)(=O)[O-]. The van der Waals surface area contributed by atoms with Crippen molar-refractivity contribution in [2.75, 3.05) is 26.2 Å². The minimum atomic E-state index is -5.17. The highest BCUT2D eigenvalue weighted by Gasteiger charge is 2.24. The van der Waals surface area contributed by atoms with Crippen molar-refractivity contribution >= 4 is 10.4 Å². The van der Waals surface area contributed by atoms with Gasteiger partial charge in [0, 0.05) is 0 Å². The van der Waals surface area contributed by atoms with Crippen molar-refractivity contribution in [3.63, 3.8) is 0 Å². The van der Waals surface area contributed by atoms with Gasteiger partial charge in [-0.25, -0.2) is 8.42 Å². The lowest BCUT2D eigenvalue weighted by Gasteiger charge is -2.39. The van der Waals surface area contributed by atoms with E-state index in [2.05, 4.69) is 27.7 Å². The third kappa shape index (κ3) is 17.9. The monoisotopic (exact) mass is 338 g/mol. The molecule has 0 aromatic rings. The Morgan fingerprint density at radius 3 is 1.00 bits per heavy atom. The number of quaternary nitrogens is 1. The van der Waals surface area contributed by atoms with E-state index < -0.39 is 10.4 Å². The van der Waals surface area contributed by atoms with Gasteiger partial charge < -0.3 is 9.04 Å². The Balaban J connectivity index is 0. The van der Waals surface area contributed by atoms with Crippen LogP contribution in [-0.2, 0) is 15.0 Å². The molecule has 1 radical (unpaired) electrons. The number of hydrogen-bond acceptors (Lipinski definition) is 3. The van der Waals surface area contributed by atoms with Gasteiger partial charge >= 0.3 is 0 Å². The largest absolute Gasteiger partial charge is 0.724 e. The molecule has 0 saturated carbocycles. The zero-order valence-corrected chi connectivity index (χ0v) is 15.8. The fraction of sp³-hybridized carbons (Fsp3) is 1.00. The van der Waals surface area contributed by atoms with Crippen molar-refractivity contribution in [2.24, 2.45) is 0 Å². The van der Waals surface area contributed by atoms with Crippen LogP contribution < -0.4 is 0 Å². The van der Waals surface area contributed by atoms with E-state index in [1.165, 1.54) is 82.0 Å². The van der Waals surface area contributed by atoms with Gasteiger partial charge in [-0.05, 0) is 25.7 Å². The molecule has 0 heterocycles. The van der Waals surface area contributed by atoms with Crippen LogP contribution in [0.2, 0.25) is 0 Å². The van der Waals surface area contributed by atoms with Crippen molar-refractivity contribution in [2.45, 2.75) is 79.1 Å². The first-order valence-electron chi connectivity index (χ1n) is 8.76. The third-order valence-corrected chi connectivity index (χ3v) is 3.94. The van der Waals surface area contributed by atoms with Gasteiger partial charge in [-0.15, -0.1) is 4.55 Å². The maximum atomic E-state index is 8.52. The van der Waals surface area contributed by atoms with E-state index in [1.54, 1.807) is 0 Å². The second-order valence-electron chi connectivity index (χ2n) is 6.06. The van der Waals surface area contributed by atoms with Crippen LogP contribution in [0.5, 0.6) is 0 Å². The van der Waals surface area contributed by atoms with Gasteiger partial charge in [0.25, 0.3) is 0 Å². The van der Waals surface area contributed by atoms with Crippen LogP contribution in [-0.4, -0.2) is 43.6 Å². The summed E-state index contributed by atoms with van der Waals surface area (Å²) in [5.74, 6) is 0. The minimum absolute atomic E-state index is 1.35. The van der Waals surface area contributed by atoms with Crippen LogP contribution in [0.1, 0.15) is 79.1 Å². The summed E-state index contributed by atoms with van der Waals surface area (Å²) in [7, 11) is -5.17. The highest BCUT2D eigenvalue weighted by Crippen LogP contribution is 2.16. The summed E-state index contributed by atoms with van der Waals surface area (Å²) in [5.41, 5.74) is 0. The summed E-state index contributed by atoms with van der Waals surface area (Å²) in [5, 5.41) is 0. The Morgan fingerprint density at radius 1 is 0.682 bits per heavy atom. The van der Waals surface area contributed by atoms with E-state index in [-0.39, 0.29) is 0 Å². The lowest BCUT2D eigenvalue weighted by Crippen LogP contribution is -2.50. The van der Waals surface area contributed by atoms with Crippen LogP contribution in [0.25, 0.3) is 0 Å². The molecule has 0 amide bonds. The standard InChI is InChI=1S/C16H36N.HO4S/c1-5-9-13-17(14-10-6-2,15-11-7-3)16-12-8-4;1-5(2,3)4/h5-16H2,1-4H3;(H,1,2,3)/q+1;/p-1. The Kier molecular flexibility index (Phi) is 15.8. The fourth-order valence-corrected chi connectivity index (χ4v) is 2.64. The van der Waals surface area contributed by atoms with Crippen LogP contribution in [0.15, 0.2) is 0 Å². The van der Waals surface area contributed by atoms with Crippen molar-refractivity contribution in [3.8, 4) is 0 Å². The molecule has 0 saturated heterocycles. The maximum absolute atomic E-state index is 8.52. The molecule has 0 rings (SSSR count). The van der Waals surface area contributed by atoms with Gasteiger partial charge in [0.05, 0.1) is 26.2 Å². The van der Waals surface area contributed by atoms with Crippen LogP contribution >= 0.6 is 0 Å². The lowest BCUT2D eigenvalue weighted by atomic mass is 10.1. The van der Waals surface area contributed by atoms with Crippen molar-refractivity contribution in [1.82, 2.24) is 0 Å². The Bertz CT molecular complexity index is 286. The molecule has 0 atom stereocenters. The van der Waals surface area contributed by atoms with Crippen LogP contribution in [0.4, 0.5) is 0 Å². The highest BCUT2D eigenvalue weighted by atomic mass is 32.3. The molecule has 22 heavy (non-hydrogen) atoms. The quantitative estimate of drug-likeness (QED) is 0.308. The average molecular weight is 339 g/mol. The minimum Gasteiger partial charge on any atom is -0.724 e. The highest BCUT2D eigenvalue weighted by molar-refractivity contribution is 7.79. The molecule has 6 heteroatoms. The summed E-state index contributed by atoms with van der Waals surface area (Å²) >= 11 is 0.